The number of ether oxygens (including phenoxy) is 1. The first kappa shape index (κ1) is 13.8. The molecule has 1 saturated heterocycles. The number of likely N-dealkylation sites (N-methyl/N-ethyl adjacent to an activating group) is 1. The Balaban J connectivity index is 2.10. The van der Waals surface area contributed by atoms with Crippen molar-refractivity contribution >= 4 is 12.0 Å². The SMILES string of the molecule is CCOC(=O)CCN(C)CCN1CCNC1=O. The normalized spacial score (nSPS) is 15.2. The van der Waals surface area contributed by atoms with E-state index in [1.54, 1.807) is 11.8 Å². The average Bonchev–Trinajstić information content (AvgIpc) is 2.70. The average molecular weight is 243 g/mol. The molecule has 2 amide bonds. The highest BCUT2D eigenvalue weighted by Gasteiger charge is 2.19. The molecule has 17 heavy (non-hydrogen) atoms. The van der Waals surface area contributed by atoms with Crippen molar-refractivity contribution in [3.63, 3.8) is 0 Å². The van der Waals surface area contributed by atoms with Gasteiger partial charge in [0.05, 0.1) is 13.0 Å². The summed E-state index contributed by atoms with van der Waals surface area (Å²) in [6, 6.07) is 0.00351. The predicted octanol–water partition coefficient (Wildman–Crippen LogP) is -0.103. The van der Waals surface area contributed by atoms with Gasteiger partial charge in [-0.3, -0.25) is 4.79 Å². The van der Waals surface area contributed by atoms with E-state index in [1.807, 2.05) is 11.9 Å². The molecule has 6 nitrogen and oxygen atoms in total. The minimum absolute atomic E-state index is 0.00351. The maximum Gasteiger partial charge on any atom is 0.317 e. The zero-order valence-corrected chi connectivity index (χ0v) is 10.6. The van der Waals surface area contributed by atoms with Gasteiger partial charge in [0.1, 0.15) is 0 Å². The lowest BCUT2D eigenvalue weighted by atomic mass is 10.4. The summed E-state index contributed by atoms with van der Waals surface area (Å²) in [5.74, 6) is -0.168. The summed E-state index contributed by atoms with van der Waals surface area (Å²) < 4.78 is 4.85. The van der Waals surface area contributed by atoms with E-state index in [4.69, 9.17) is 4.74 Å². The number of hydrogen-bond acceptors (Lipinski definition) is 4. The fourth-order valence-electron chi connectivity index (χ4n) is 1.64. The third-order valence-corrected chi connectivity index (χ3v) is 2.70. The minimum atomic E-state index is -0.168. The van der Waals surface area contributed by atoms with Crippen LogP contribution in [0.4, 0.5) is 4.79 Å². The van der Waals surface area contributed by atoms with E-state index in [1.165, 1.54) is 0 Å². The van der Waals surface area contributed by atoms with Gasteiger partial charge in [-0.25, -0.2) is 4.79 Å². The molecule has 0 aliphatic carbocycles. The summed E-state index contributed by atoms with van der Waals surface area (Å²) in [5.41, 5.74) is 0. The second kappa shape index (κ2) is 7.11. The van der Waals surface area contributed by atoms with Crippen molar-refractivity contribution in [2.45, 2.75) is 13.3 Å². The first-order chi connectivity index (χ1) is 8.13. The fourth-order valence-corrected chi connectivity index (χ4v) is 1.64. The van der Waals surface area contributed by atoms with E-state index < -0.39 is 0 Å². The first-order valence-electron chi connectivity index (χ1n) is 6.00. The Morgan fingerprint density at radius 3 is 2.88 bits per heavy atom. The molecule has 0 bridgehead atoms. The van der Waals surface area contributed by atoms with Gasteiger partial charge < -0.3 is 19.9 Å². The Labute approximate surface area is 102 Å². The Morgan fingerprint density at radius 2 is 2.29 bits per heavy atom. The Bertz CT molecular complexity index is 271. The van der Waals surface area contributed by atoms with Crippen molar-refractivity contribution in [2.75, 3.05) is 46.4 Å². The number of hydrogen-bond donors (Lipinski definition) is 1. The third kappa shape index (κ3) is 5.04. The molecule has 0 aromatic carbocycles. The fraction of sp³-hybridized carbons (Fsp3) is 0.818. The van der Waals surface area contributed by atoms with Crippen LogP contribution < -0.4 is 5.32 Å². The molecule has 0 atom stereocenters. The van der Waals surface area contributed by atoms with Crippen molar-refractivity contribution in [3.05, 3.63) is 0 Å². The van der Waals surface area contributed by atoms with E-state index in [2.05, 4.69) is 5.32 Å². The van der Waals surface area contributed by atoms with Crippen LogP contribution >= 0.6 is 0 Å². The van der Waals surface area contributed by atoms with Crippen molar-refractivity contribution in [1.82, 2.24) is 15.1 Å². The molecule has 1 aliphatic rings. The van der Waals surface area contributed by atoms with Crippen molar-refractivity contribution in [3.8, 4) is 0 Å². The summed E-state index contributed by atoms with van der Waals surface area (Å²) in [6.45, 7) is 5.85. The van der Waals surface area contributed by atoms with Gasteiger partial charge in [0.15, 0.2) is 0 Å². The van der Waals surface area contributed by atoms with Crippen LogP contribution in [-0.4, -0.2) is 68.2 Å². The first-order valence-corrected chi connectivity index (χ1v) is 6.00. The predicted molar refractivity (Wildman–Crippen MR) is 63.7 cm³/mol. The van der Waals surface area contributed by atoms with Crippen LogP contribution in [0, 0.1) is 0 Å². The maximum absolute atomic E-state index is 11.3. The number of nitrogens with zero attached hydrogens (tertiary/aromatic N) is 2. The van der Waals surface area contributed by atoms with Crippen molar-refractivity contribution < 1.29 is 14.3 Å². The molecule has 1 fully saturated rings. The van der Waals surface area contributed by atoms with Crippen molar-refractivity contribution in [1.29, 1.82) is 0 Å². The van der Waals surface area contributed by atoms with Gasteiger partial charge in [-0.1, -0.05) is 0 Å². The maximum atomic E-state index is 11.3. The van der Waals surface area contributed by atoms with Crippen LogP contribution in [0.1, 0.15) is 13.3 Å². The highest BCUT2D eigenvalue weighted by molar-refractivity contribution is 5.76. The Kier molecular flexibility index (Phi) is 5.76. The Hall–Kier alpha value is -1.30. The summed E-state index contributed by atoms with van der Waals surface area (Å²) in [4.78, 5) is 26.2. The van der Waals surface area contributed by atoms with E-state index in [9.17, 15) is 9.59 Å². The van der Waals surface area contributed by atoms with Gasteiger partial charge in [0.2, 0.25) is 0 Å². The second-order valence-corrected chi connectivity index (χ2v) is 4.08. The zero-order chi connectivity index (χ0) is 12.7. The van der Waals surface area contributed by atoms with E-state index in [0.717, 1.165) is 19.6 Å². The van der Waals surface area contributed by atoms with Gasteiger partial charge in [-0.2, -0.15) is 0 Å². The lowest BCUT2D eigenvalue weighted by Gasteiger charge is -2.20. The minimum Gasteiger partial charge on any atom is -0.466 e. The Morgan fingerprint density at radius 1 is 1.53 bits per heavy atom. The van der Waals surface area contributed by atoms with Gasteiger partial charge >= 0.3 is 12.0 Å². The summed E-state index contributed by atoms with van der Waals surface area (Å²) in [5, 5.41) is 2.75. The molecule has 1 aliphatic heterocycles. The molecule has 1 N–H and O–H groups in total. The molecule has 0 aromatic heterocycles. The number of urea groups is 1. The smallest absolute Gasteiger partial charge is 0.317 e. The highest BCUT2D eigenvalue weighted by Crippen LogP contribution is 1.97. The van der Waals surface area contributed by atoms with E-state index in [0.29, 0.717) is 26.1 Å². The van der Waals surface area contributed by atoms with Crippen LogP contribution in [0.3, 0.4) is 0 Å². The molecule has 1 heterocycles. The lowest BCUT2D eigenvalue weighted by Crippen LogP contribution is -2.36. The molecule has 0 aromatic rings. The van der Waals surface area contributed by atoms with Gasteiger partial charge in [0.25, 0.3) is 0 Å². The molecular weight excluding hydrogens is 222 g/mol. The molecule has 98 valence electrons. The number of nitrogens with one attached hydrogen (secondary N) is 1. The molecular formula is C11H21N3O3. The summed E-state index contributed by atoms with van der Waals surface area (Å²) in [6.07, 6.45) is 0.399. The summed E-state index contributed by atoms with van der Waals surface area (Å²) >= 11 is 0. The van der Waals surface area contributed by atoms with Gasteiger partial charge in [-0.05, 0) is 14.0 Å². The molecule has 1 rings (SSSR count). The van der Waals surface area contributed by atoms with Crippen LogP contribution in [0.15, 0.2) is 0 Å². The van der Waals surface area contributed by atoms with E-state index >= 15 is 0 Å². The molecule has 6 heteroatoms. The van der Waals surface area contributed by atoms with Crippen molar-refractivity contribution in [2.24, 2.45) is 0 Å². The molecule has 0 saturated carbocycles. The number of esters is 1. The largest absolute Gasteiger partial charge is 0.466 e. The van der Waals surface area contributed by atoms with Crippen LogP contribution in [0.5, 0.6) is 0 Å². The standard InChI is InChI=1S/C11H21N3O3/c1-3-17-10(15)4-6-13(2)8-9-14-7-5-12-11(14)16/h3-9H2,1-2H3,(H,12,16). The van der Waals surface area contributed by atoms with Gasteiger partial charge in [-0.15, -0.1) is 0 Å². The van der Waals surface area contributed by atoms with Crippen LogP contribution in [-0.2, 0) is 9.53 Å². The molecule has 0 unspecified atom stereocenters. The topological polar surface area (TPSA) is 61.9 Å². The zero-order valence-electron chi connectivity index (χ0n) is 10.6. The number of carbonyl (C=O) groups is 2. The number of carbonyl (C=O) groups excluding carboxylic acids is 2. The molecule has 0 spiro atoms. The van der Waals surface area contributed by atoms with Crippen LogP contribution in [0.25, 0.3) is 0 Å². The summed E-state index contributed by atoms with van der Waals surface area (Å²) in [7, 11) is 1.94. The number of rotatable bonds is 7. The number of amides is 2. The monoisotopic (exact) mass is 243 g/mol. The van der Waals surface area contributed by atoms with Crippen LogP contribution in [0.2, 0.25) is 0 Å². The lowest BCUT2D eigenvalue weighted by molar-refractivity contribution is -0.143. The second-order valence-electron chi connectivity index (χ2n) is 4.08. The quantitative estimate of drug-likeness (QED) is 0.634. The van der Waals surface area contributed by atoms with Gasteiger partial charge in [0, 0.05) is 32.7 Å². The van der Waals surface area contributed by atoms with E-state index in [-0.39, 0.29) is 12.0 Å². The third-order valence-electron chi connectivity index (χ3n) is 2.70. The molecule has 0 radical (unpaired) electrons. The highest BCUT2D eigenvalue weighted by atomic mass is 16.5.